The Morgan fingerprint density at radius 1 is 1.00 bits per heavy atom. The molecule has 4 heterocycles. The van der Waals surface area contributed by atoms with Gasteiger partial charge in [-0.25, -0.2) is 18.7 Å². The van der Waals surface area contributed by atoms with Crippen LogP contribution in [0, 0.1) is 11.6 Å². The monoisotopic (exact) mass is 614 g/mol. The average molecular weight is 615 g/mol. The lowest BCUT2D eigenvalue weighted by Crippen LogP contribution is -2.48. The summed E-state index contributed by atoms with van der Waals surface area (Å²) in [7, 11) is 1.90. The van der Waals surface area contributed by atoms with Crippen LogP contribution in [0.2, 0.25) is 5.02 Å². The predicted octanol–water partition coefficient (Wildman–Crippen LogP) is 7.16. The molecular weight excluding hydrogens is 582 g/mol. The van der Waals surface area contributed by atoms with E-state index in [-0.39, 0.29) is 37.2 Å². The largest absolute Gasteiger partial charge is 0.339 e. The summed E-state index contributed by atoms with van der Waals surface area (Å²) >= 11 is 6.32. The summed E-state index contributed by atoms with van der Waals surface area (Å²) in [6, 6.07) is 17.4. The first-order valence-corrected chi connectivity index (χ1v) is 14.8. The van der Waals surface area contributed by atoms with Crippen LogP contribution in [0.15, 0.2) is 71.9 Å². The number of anilines is 2. The molecule has 2 saturated heterocycles. The van der Waals surface area contributed by atoms with Crippen LogP contribution in [0.5, 0.6) is 0 Å². The van der Waals surface area contributed by atoms with Crippen LogP contribution in [0.4, 0.5) is 20.4 Å². The molecule has 3 aliphatic rings. The summed E-state index contributed by atoms with van der Waals surface area (Å²) in [6.45, 7) is 0.133. The number of halogens is 3. The highest BCUT2D eigenvalue weighted by Gasteiger charge is 2.36. The standard InChI is InChI=1S/C33H29ClF2N6O.CH4/c1-42(24-14-22-10-11-23(15-24)39-22)32(43)18-5-8-21(9-6-18)40-33-38-17-19-16-37-31(29-27(35)3-2-4-28(29)36)26-13-20(34)7-12-25(26)30(19)41-33;/h2-9,12-13,17,22-24,39H,10-11,14-16H2,1H3,(H,38,40,41);1H4. The molecule has 2 unspecified atom stereocenters. The number of carbonyl (C=O) groups excluding carboxylic acids is 1. The molecule has 44 heavy (non-hydrogen) atoms. The Morgan fingerprint density at radius 3 is 2.41 bits per heavy atom. The van der Waals surface area contributed by atoms with E-state index in [2.05, 4.69) is 20.6 Å². The molecule has 1 amide bonds. The lowest BCUT2D eigenvalue weighted by Gasteiger charge is -2.35. The van der Waals surface area contributed by atoms with Crippen molar-refractivity contribution in [1.29, 1.82) is 0 Å². The average Bonchev–Trinajstić information content (AvgIpc) is 3.27. The smallest absolute Gasteiger partial charge is 0.253 e. The topological polar surface area (TPSA) is 82.5 Å². The fourth-order valence-electron chi connectivity index (χ4n) is 6.46. The van der Waals surface area contributed by atoms with E-state index in [0.717, 1.165) is 18.5 Å². The van der Waals surface area contributed by atoms with E-state index < -0.39 is 11.6 Å². The van der Waals surface area contributed by atoms with Crippen LogP contribution < -0.4 is 10.6 Å². The van der Waals surface area contributed by atoms with E-state index in [4.69, 9.17) is 16.6 Å². The van der Waals surface area contributed by atoms with Crippen LogP contribution >= 0.6 is 11.6 Å². The maximum Gasteiger partial charge on any atom is 0.253 e. The van der Waals surface area contributed by atoms with Crippen molar-refractivity contribution in [2.24, 2.45) is 4.99 Å². The molecule has 7 rings (SSSR count). The van der Waals surface area contributed by atoms with Gasteiger partial charge in [0.25, 0.3) is 5.91 Å². The summed E-state index contributed by atoms with van der Waals surface area (Å²) in [5.74, 6) is -1.07. The number of hydrogen-bond acceptors (Lipinski definition) is 6. The molecule has 2 atom stereocenters. The number of fused-ring (bicyclic) bond motifs is 5. The van der Waals surface area contributed by atoms with Crippen molar-refractivity contribution >= 4 is 34.9 Å². The number of carbonyl (C=O) groups is 1. The molecule has 7 nitrogen and oxygen atoms in total. The van der Waals surface area contributed by atoms with Crippen molar-refractivity contribution in [1.82, 2.24) is 20.2 Å². The zero-order valence-corrected chi connectivity index (χ0v) is 24.2. The van der Waals surface area contributed by atoms with E-state index >= 15 is 0 Å². The molecule has 0 saturated carbocycles. The third kappa shape index (κ3) is 5.57. The molecule has 3 aromatic carbocycles. The number of benzene rings is 3. The molecule has 2 bridgehead atoms. The summed E-state index contributed by atoms with van der Waals surface area (Å²) in [6.07, 6.45) is 6.01. The van der Waals surface area contributed by atoms with Crippen molar-refractivity contribution in [3.63, 3.8) is 0 Å². The van der Waals surface area contributed by atoms with E-state index in [9.17, 15) is 13.6 Å². The minimum absolute atomic E-state index is 0. The fraction of sp³-hybridized carbons (Fsp3) is 0.294. The normalized spacial score (nSPS) is 20.0. The second-order valence-electron chi connectivity index (χ2n) is 11.4. The van der Waals surface area contributed by atoms with E-state index in [1.807, 2.05) is 24.1 Å². The Morgan fingerprint density at radius 2 is 1.70 bits per heavy atom. The third-order valence-corrected chi connectivity index (χ3v) is 8.90. The van der Waals surface area contributed by atoms with Gasteiger partial charge in [0.15, 0.2) is 0 Å². The highest BCUT2D eigenvalue weighted by atomic mass is 35.5. The minimum atomic E-state index is -0.708. The minimum Gasteiger partial charge on any atom is -0.339 e. The number of piperidine rings is 1. The first kappa shape index (κ1) is 29.8. The molecule has 0 radical (unpaired) electrons. The first-order chi connectivity index (χ1) is 20.8. The molecule has 0 spiro atoms. The van der Waals surface area contributed by atoms with Crippen LogP contribution in [0.1, 0.15) is 60.2 Å². The van der Waals surface area contributed by atoms with Gasteiger partial charge < -0.3 is 15.5 Å². The van der Waals surface area contributed by atoms with Gasteiger partial charge in [0, 0.05) is 64.3 Å². The van der Waals surface area contributed by atoms with E-state index in [0.29, 0.717) is 51.0 Å². The van der Waals surface area contributed by atoms with E-state index in [1.165, 1.54) is 31.0 Å². The highest BCUT2D eigenvalue weighted by Crippen LogP contribution is 2.35. The van der Waals surface area contributed by atoms with Crippen LogP contribution in [0.25, 0.3) is 11.3 Å². The van der Waals surface area contributed by atoms with Crippen LogP contribution in [-0.4, -0.2) is 51.7 Å². The predicted molar refractivity (Wildman–Crippen MR) is 170 cm³/mol. The van der Waals surface area contributed by atoms with Crippen molar-refractivity contribution in [3.05, 3.63) is 106 Å². The van der Waals surface area contributed by atoms with Gasteiger partial charge in [-0.2, -0.15) is 0 Å². The number of aromatic nitrogens is 2. The van der Waals surface area contributed by atoms with Gasteiger partial charge in [0.05, 0.1) is 23.5 Å². The lowest BCUT2D eigenvalue weighted by atomic mass is 9.95. The molecular formula is C34H33ClF2N6O. The van der Waals surface area contributed by atoms with Gasteiger partial charge in [-0.05, 0) is 74.2 Å². The zero-order valence-electron chi connectivity index (χ0n) is 23.4. The van der Waals surface area contributed by atoms with E-state index in [1.54, 1.807) is 36.5 Å². The Balaban J connectivity index is 0.00000343. The molecule has 10 heteroatoms. The molecule has 2 N–H and O–H groups in total. The van der Waals surface area contributed by atoms with Gasteiger partial charge in [-0.15, -0.1) is 0 Å². The number of nitrogens with zero attached hydrogens (tertiary/aromatic N) is 4. The van der Waals surface area contributed by atoms with Gasteiger partial charge in [0.1, 0.15) is 11.6 Å². The summed E-state index contributed by atoms with van der Waals surface area (Å²) in [5, 5.41) is 7.26. The van der Waals surface area contributed by atoms with Crippen LogP contribution in [0.3, 0.4) is 0 Å². The fourth-order valence-corrected chi connectivity index (χ4v) is 6.63. The van der Waals surface area contributed by atoms with Gasteiger partial charge in [-0.1, -0.05) is 31.2 Å². The second-order valence-corrected chi connectivity index (χ2v) is 11.8. The number of aliphatic imine (C=N–C) groups is 1. The SMILES string of the molecule is C.CN(C(=O)c1ccc(Nc2ncc3c(n2)-c2ccc(Cl)cc2C(c2c(F)cccc2F)=NC3)cc1)C1CC2CCC(C1)N2. The van der Waals surface area contributed by atoms with Crippen molar-refractivity contribution in [2.45, 2.75) is 57.8 Å². The maximum atomic E-state index is 14.8. The van der Waals surface area contributed by atoms with Gasteiger partial charge in [0.2, 0.25) is 5.95 Å². The summed E-state index contributed by atoms with van der Waals surface area (Å²) < 4.78 is 29.7. The van der Waals surface area contributed by atoms with Crippen molar-refractivity contribution in [3.8, 4) is 11.3 Å². The number of rotatable bonds is 5. The molecule has 2 fully saturated rings. The van der Waals surface area contributed by atoms with Gasteiger partial charge in [-0.3, -0.25) is 9.79 Å². The molecule has 1 aromatic heterocycles. The van der Waals surface area contributed by atoms with Crippen LogP contribution in [-0.2, 0) is 6.54 Å². The number of nitrogens with one attached hydrogen (secondary N) is 2. The molecule has 0 aliphatic carbocycles. The number of hydrogen-bond donors (Lipinski definition) is 2. The number of amides is 1. The Bertz CT molecular complexity index is 1730. The Labute approximate surface area is 260 Å². The zero-order chi connectivity index (χ0) is 29.7. The summed E-state index contributed by atoms with van der Waals surface area (Å²) in [5.41, 5.74) is 3.71. The second kappa shape index (κ2) is 12.1. The van der Waals surface area contributed by atoms with Crippen molar-refractivity contribution in [2.75, 3.05) is 12.4 Å². The molecule has 4 aromatic rings. The van der Waals surface area contributed by atoms with Gasteiger partial charge >= 0.3 is 0 Å². The summed E-state index contributed by atoms with van der Waals surface area (Å²) in [4.78, 5) is 29.0. The quantitative estimate of drug-likeness (QED) is 0.249. The Hall–Kier alpha value is -4.21. The highest BCUT2D eigenvalue weighted by molar-refractivity contribution is 6.31. The molecule has 226 valence electrons. The first-order valence-electron chi connectivity index (χ1n) is 14.4. The van der Waals surface area contributed by atoms with Crippen molar-refractivity contribution < 1.29 is 13.6 Å². The maximum absolute atomic E-state index is 14.8. The Kier molecular flexibility index (Phi) is 8.18. The lowest BCUT2D eigenvalue weighted by molar-refractivity contribution is 0.0681. The third-order valence-electron chi connectivity index (χ3n) is 8.67. The molecule has 3 aliphatic heterocycles.